The number of rotatable bonds is 5. The molecule has 0 fully saturated rings. The highest BCUT2D eigenvalue weighted by atomic mass is 16.4. The zero-order chi connectivity index (χ0) is 13.7. The summed E-state index contributed by atoms with van der Waals surface area (Å²) in [6.07, 6.45) is 5.36. The first kappa shape index (κ1) is 12.8. The Morgan fingerprint density at radius 2 is 2.21 bits per heavy atom. The van der Waals surface area contributed by atoms with Gasteiger partial charge >= 0.3 is 5.97 Å². The molecule has 0 aliphatic heterocycles. The van der Waals surface area contributed by atoms with Gasteiger partial charge in [0.25, 0.3) is 0 Å². The SMILES string of the molecule is O=C(CCn1ccnc1)Nc1cccc(C(=O)O)c1. The monoisotopic (exact) mass is 259 g/mol. The summed E-state index contributed by atoms with van der Waals surface area (Å²) < 4.78 is 1.80. The lowest BCUT2D eigenvalue weighted by Gasteiger charge is -2.06. The van der Waals surface area contributed by atoms with Crippen molar-refractivity contribution in [1.82, 2.24) is 9.55 Å². The molecule has 0 saturated heterocycles. The number of amides is 1. The minimum Gasteiger partial charge on any atom is -0.478 e. The first-order chi connectivity index (χ1) is 9.15. The number of carboxylic acid groups (broad SMARTS) is 1. The van der Waals surface area contributed by atoms with Crippen LogP contribution in [-0.2, 0) is 11.3 Å². The van der Waals surface area contributed by atoms with Gasteiger partial charge in [-0.25, -0.2) is 9.78 Å². The quantitative estimate of drug-likeness (QED) is 0.854. The maximum absolute atomic E-state index is 11.7. The van der Waals surface area contributed by atoms with Crippen molar-refractivity contribution in [2.45, 2.75) is 13.0 Å². The van der Waals surface area contributed by atoms with Gasteiger partial charge in [-0.3, -0.25) is 4.79 Å². The van der Waals surface area contributed by atoms with Crippen LogP contribution in [-0.4, -0.2) is 26.5 Å². The molecule has 1 heterocycles. The molecule has 1 aromatic heterocycles. The Bertz CT molecular complexity index is 579. The van der Waals surface area contributed by atoms with Gasteiger partial charge in [0.05, 0.1) is 11.9 Å². The molecule has 0 spiro atoms. The second kappa shape index (κ2) is 5.81. The minimum absolute atomic E-state index is 0.146. The molecule has 6 nitrogen and oxygen atoms in total. The van der Waals surface area contributed by atoms with E-state index < -0.39 is 5.97 Å². The number of nitrogens with one attached hydrogen (secondary N) is 1. The van der Waals surface area contributed by atoms with Gasteiger partial charge in [0.1, 0.15) is 0 Å². The van der Waals surface area contributed by atoms with E-state index in [4.69, 9.17) is 5.11 Å². The van der Waals surface area contributed by atoms with Gasteiger partial charge in [-0.15, -0.1) is 0 Å². The third-order valence-electron chi connectivity index (χ3n) is 2.55. The fourth-order valence-electron chi connectivity index (χ4n) is 1.60. The smallest absolute Gasteiger partial charge is 0.335 e. The van der Waals surface area contributed by atoms with Gasteiger partial charge in [-0.1, -0.05) is 6.07 Å². The van der Waals surface area contributed by atoms with E-state index in [1.807, 2.05) is 0 Å². The lowest BCUT2D eigenvalue weighted by atomic mass is 10.2. The van der Waals surface area contributed by atoms with Crippen molar-refractivity contribution >= 4 is 17.6 Å². The summed E-state index contributed by atoms with van der Waals surface area (Å²) in [4.78, 5) is 26.4. The molecule has 2 N–H and O–H groups in total. The van der Waals surface area contributed by atoms with E-state index in [0.29, 0.717) is 18.7 Å². The van der Waals surface area contributed by atoms with Gasteiger partial charge < -0.3 is 15.0 Å². The normalized spacial score (nSPS) is 10.1. The fourth-order valence-corrected chi connectivity index (χ4v) is 1.60. The van der Waals surface area contributed by atoms with Gasteiger partial charge in [0.15, 0.2) is 0 Å². The zero-order valence-corrected chi connectivity index (χ0v) is 10.1. The number of hydrogen-bond acceptors (Lipinski definition) is 3. The summed E-state index contributed by atoms with van der Waals surface area (Å²) in [7, 11) is 0. The van der Waals surface area contributed by atoms with E-state index in [-0.39, 0.29) is 11.5 Å². The highest BCUT2D eigenvalue weighted by Crippen LogP contribution is 2.11. The van der Waals surface area contributed by atoms with Crippen LogP contribution in [0.15, 0.2) is 43.0 Å². The molecule has 2 rings (SSSR count). The first-order valence-electron chi connectivity index (χ1n) is 5.74. The van der Waals surface area contributed by atoms with Crippen molar-refractivity contribution in [3.63, 3.8) is 0 Å². The summed E-state index contributed by atoms with van der Waals surface area (Å²) in [6.45, 7) is 0.532. The van der Waals surface area contributed by atoms with E-state index in [9.17, 15) is 9.59 Å². The molecule has 6 heteroatoms. The molecule has 0 atom stereocenters. The summed E-state index contributed by atoms with van der Waals surface area (Å²) in [5.41, 5.74) is 0.628. The predicted octanol–water partition coefficient (Wildman–Crippen LogP) is 1.61. The first-order valence-corrected chi connectivity index (χ1v) is 5.74. The predicted molar refractivity (Wildman–Crippen MR) is 68.9 cm³/mol. The lowest BCUT2D eigenvalue weighted by molar-refractivity contribution is -0.116. The highest BCUT2D eigenvalue weighted by Gasteiger charge is 2.06. The number of benzene rings is 1. The Balaban J connectivity index is 1.91. The Kier molecular flexibility index (Phi) is 3.92. The van der Waals surface area contributed by atoms with Crippen molar-refractivity contribution in [1.29, 1.82) is 0 Å². The Labute approximate surface area is 109 Å². The van der Waals surface area contributed by atoms with Crippen LogP contribution >= 0.6 is 0 Å². The second-order valence-corrected chi connectivity index (χ2v) is 3.98. The molecule has 1 aromatic carbocycles. The van der Waals surface area contributed by atoms with Gasteiger partial charge in [-0.05, 0) is 18.2 Å². The number of hydrogen-bond donors (Lipinski definition) is 2. The topological polar surface area (TPSA) is 84.2 Å². The summed E-state index contributed by atoms with van der Waals surface area (Å²) >= 11 is 0. The molecule has 2 aromatic rings. The molecule has 19 heavy (non-hydrogen) atoms. The number of aryl methyl sites for hydroxylation is 1. The second-order valence-electron chi connectivity index (χ2n) is 3.98. The molecular formula is C13H13N3O3. The number of imidazole rings is 1. The number of anilines is 1. The molecular weight excluding hydrogens is 246 g/mol. The van der Waals surface area contributed by atoms with Crippen LogP contribution in [0.2, 0.25) is 0 Å². The van der Waals surface area contributed by atoms with Gasteiger partial charge in [0.2, 0.25) is 5.91 Å². The molecule has 0 aliphatic carbocycles. The van der Waals surface area contributed by atoms with Crippen LogP contribution in [0.5, 0.6) is 0 Å². The fraction of sp³-hybridized carbons (Fsp3) is 0.154. The number of nitrogens with zero attached hydrogens (tertiary/aromatic N) is 2. The summed E-state index contributed by atoms with van der Waals surface area (Å²) in [5, 5.41) is 11.5. The molecule has 0 unspecified atom stereocenters. The van der Waals surface area contributed by atoms with Gasteiger partial charge in [0, 0.05) is 31.0 Å². The number of aromatic carboxylic acids is 1. The summed E-state index contributed by atoms with van der Waals surface area (Å²) in [6, 6.07) is 6.15. The number of carbonyl (C=O) groups is 2. The van der Waals surface area contributed by atoms with Crippen LogP contribution in [0.1, 0.15) is 16.8 Å². The van der Waals surface area contributed by atoms with E-state index in [1.165, 1.54) is 12.1 Å². The largest absolute Gasteiger partial charge is 0.478 e. The standard InChI is InChI=1S/C13H13N3O3/c17-12(4-6-16-7-5-14-9-16)15-11-3-1-2-10(8-11)13(18)19/h1-3,5,7-9H,4,6H2,(H,15,17)(H,18,19). The van der Waals surface area contributed by atoms with Gasteiger partial charge in [-0.2, -0.15) is 0 Å². The Morgan fingerprint density at radius 3 is 2.89 bits per heavy atom. The minimum atomic E-state index is -1.02. The van der Waals surface area contributed by atoms with Crippen molar-refractivity contribution in [3.05, 3.63) is 48.5 Å². The van der Waals surface area contributed by atoms with Crippen LogP contribution in [0.25, 0.3) is 0 Å². The van der Waals surface area contributed by atoms with Crippen molar-refractivity contribution in [2.75, 3.05) is 5.32 Å². The molecule has 98 valence electrons. The average Bonchev–Trinajstić information content (AvgIpc) is 2.90. The molecule has 1 amide bonds. The van der Waals surface area contributed by atoms with Crippen molar-refractivity contribution in [2.24, 2.45) is 0 Å². The Morgan fingerprint density at radius 1 is 1.37 bits per heavy atom. The summed E-state index contributed by atoms with van der Waals surface area (Å²) in [5.74, 6) is -1.19. The lowest BCUT2D eigenvalue weighted by Crippen LogP contribution is -2.14. The van der Waals surface area contributed by atoms with E-state index in [2.05, 4.69) is 10.3 Å². The van der Waals surface area contributed by atoms with Crippen LogP contribution in [0.4, 0.5) is 5.69 Å². The molecule has 0 saturated carbocycles. The van der Waals surface area contributed by atoms with E-state index >= 15 is 0 Å². The maximum Gasteiger partial charge on any atom is 0.335 e. The van der Waals surface area contributed by atoms with Crippen molar-refractivity contribution in [3.8, 4) is 0 Å². The Hall–Kier alpha value is -2.63. The third-order valence-corrected chi connectivity index (χ3v) is 2.55. The maximum atomic E-state index is 11.7. The number of aromatic nitrogens is 2. The number of carboxylic acids is 1. The zero-order valence-electron chi connectivity index (χ0n) is 10.1. The molecule has 0 aliphatic rings. The molecule has 0 radical (unpaired) electrons. The number of carbonyl (C=O) groups excluding carboxylic acids is 1. The van der Waals surface area contributed by atoms with Crippen LogP contribution in [0, 0.1) is 0 Å². The van der Waals surface area contributed by atoms with Crippen molar-refractivity contribution < 1.29 is 14.7 Å². The van der Waals surface area contributed by atoms with E-state index in [0.717, 1.165) is 0 Å². The molecule has 0 bridgehead atoms. The van der Waals surface area contributed by atoms with Crippen LogP contribution in [0.3, 0.4) is 0 Å². The highest BCUT2D eigenvalue weighted by molar-refractivity contribution is 5.93. The average molecular weight is 259 g/mol. The van der Waals surface area contributed by atoms with Crippen LogP contribution < -0.4 is 5.32 Å². The van der Waals surface area contributed by atoms with E-state index in [1.54, 1.807) is 35.4 Å². The third kappa shape index (κ3) is 3.67.